The van der Waals surface area contributed by atoms with Crippen molar-refractivity contribution in [3.63, 3.8) is 0 Å². The molecule has 0 saturated carbocycles. The molecule has 2 heterocycles. The number of hydrogen-bond acceptors (Lipinski definition) is 4. The number of H-pyrrole nitrogens is 1. The molecule has 19 heavy (non-hydrogen) atoms. The van der Waals surface area contributed by atoms with Crippen molar-refractivity contribution in [1.29, 1.82) is 0 Å². The fourth-order valence-corrected chi connectivity index (χ4v) is 1.44. The molecule has 0 unspecified atom stereocenters. The van der Waals surface area contributed by atoms with Gasteiger partial charge in [0.15, 0.2) is 0 Å². The smallest absolute Gasteiger partial charge is 0.325 e. The monoisotopic (exact) mass is 262 g/mol. The van der Waals surface area contributed by atoms with Crippen molar-refractivity contribution >= 4 is 17.6 Å². The van der Waals surface area contributed by atoms with Gasteiger partial charge in [0.1, 0.15) is 6.54 Å². The highest BCUT2D eigenvalue weighted by Crippen LogP contribution is 2.07. The van der Waals surface area contributed by atoms with Gasteiger partial charge in [-0.25, -0.2) is 0 Å². The van der Waals surface area contributed by atoms with Crippen LogP contribution in [0.3, 0.4) is 0 Å². The normalized spacial score (nSPS) is 10.1. The van der Waals surface area contributed by atoms with Crippen molar-refractivity contribution in [1.82, 2.24) is 14.8 Å². The Morgan fingerprint density at radius 1 is 1.47 bits per heavy atom. The Bertz CT molecular complexity index is 673. The van der Waals surface area contributed by atoms with E-state index in [1.807, 2.05) is 0 Å². The molecule has 2 aromatic heterocycles. The standard InChI is InChI=1S/C11H10N4O4/c16-9-3-7(1-2-12-9)11(19)14-8-4-13-15(5-8)6-10(17)18/h1-5H,6H2,(H,12,16)(H,14,19)(H,17,18). The van der Waals surface area contributed by atoms with Crippen LogP contribution in [0.2, 0.25) is 0 Å². The van der Waals surface area contributed by atoms with Gasteiger partial charge in [0, 0.05) is 24.0 Å². The Morgan fingerprint density at radius 3 is 2.95 bits per heavy atom. The summed E-state index contributed by atoms with van der Waals surface area (Å²) in [7, 11) is 0. The van der Waals surface area contributed by atoms with E-state index < -0.39 is 11.9 Å². The second kappa shape index (κ2) is 5.17. The van der Waals surface area contributed by atoms with E-state index in [4.69, 9.17) is 5.11 Å². The van der Waals surface area contributed by atoms with Crippen LogP contribution in [-0.4, -0.2) is 31.7 Å². The average molecular weight is 262 g/mol. The van der Waals surface area contributed by atoms with Crippen LogP contribution in [0, 0.1) is 0 Å². The number of amides is 1. The first-order valence-electron chi connectivity index (χ1n) is 5.29. The van der Waals surface area contributed by atoms with Gasteiger partial charge in [-0.05, 0) is 6.07 Å². The van der Waals surface area contributed by atoms with Crippen molar-refractivity contribution in [3.05, 3.63) is 46.6 Å². The lowest BCUT2D eigenvalue weighted by atomic mass is 10.2. The van der Waals surface area contributed by atoms with Crippen molar-refractivity contribution in [2.45, 2.75) is 6.54 Å². The first kappa shape index (κ1) is 12.6. The van der Waals surface area contributed by atoms with Crippen LogP contribution in [0.25, 0.3) is 0 Å². The number of carboxylic acid groups (broad SMARTS) is 1. The number of nitrogens with one attached hydrogen (secondary N) is 2. The molecule has 0 aliphatic heterocycles. The van der Waals surface area contributed by atoms with E-state index in [1.165, 1.54) is 29.3 Å². The van der Waals surface area contributed by atoms with Crippen LogP contribution in [-0.2, 0) is 11.3 Å². The maximum absolute atomic E-state index is 11.8. The number of aromatic nitrogens is 3. The van der Waals surface area contributed by atoms with Gasteiger partial charge >= 0.3 is 5.97 Å². The van der Waals surface area contributed by atoms with E-state index in [9.17, 15) is 14.4 Å². The minimum Gasteiger partial charge on any atom is -0.480 e. The van der Waals surface area contributed by atoms with Gasteiger partial charge < -0.3 is 15.4 Å². The molecule has 0 aliphatic rings. The van der Waals surface area contributed by atoms with E-state index in [1.54, 1.807) is 0 Å². The fraction of sp³-hybridized carbons (Fsp3) is 0.0909. The summed E-state index contributed by atoms with van der Waals surface area (Å²) in [6.07, 6.45) is 4.08. The fourth-order valence-electron chi connectivity index (χ4n) is 1.44. The molecule has 0 atom stereocenters. The Morgan fingerprint density at radius 2 is 2.26 bits per heavy atom. The lowest BCUT2D eigenvalue weighted by Gasteiger charge is -2.01. The molecule has 8 heteroatoms. The maximum atomic E-state index is 11.8. The van der Waals surface area contributed by atoms with Gasteiger partial charge in [0.05, 0.1) is 11.9 Å². The van der Waals surface area contributed by atoms with Gasteiger partial charge in [-0.2, -0.15) is 5.10 Å². The van der Waals surface area contributed by atoms with E-state index in [0.29, 0.717) is 5.69 Å². The Labute approximate surface area is 106 Å². The predicted molar refractivity (Wildman–Crippen MR) is 64.9 cm³/mol. The van der Waals surface area contributed by atoms with Gasteiger partial charge in [-0.3, -0.25) is 19.1 Å². The third kappa shape index (κ3) is 3.28. The van der Waals surface area contributed by atoms with Crippen LogP contribution >= 0.6 is 0 Å². The van der Waals surface area contributed by atoms with Gasteiger partial charge in [0.2, 0.25) is 5.56 Å². The molecule has 0 spiro atoms. The molecule has 3 N–H and O–H groups in total. The lowest BCUT2D eigenvalue weighted by Crippen LogP contribution is -2.15. The van der Waals surface area contributed by atoms with Gasteiger partial charge in [0.25, 0.3) is 5.91 Å². The zero-order valence-corrected chi connectivity index (χ0v) is 9.66. The SMILES string of the molecule is O=C(O)Cn1cc(NC(=O)c2cc[nH]c(=O)c2)cn1. The predicted octanol–water partition coefficient (Wildman–Crippen LogP) is -0.0917. The van der Waals surface area contributed by atoms with E-state index in [2.05, 4.69) is 15.4 Å². The summed E-state index contributed by atoms with van der Waals surface area (Å²) >= 11 is 0. The third-order valence-electron chi connectivity index (χ3n) is 2.23. The molecule has 2 aromatic rings. The number of carbonyl (C=O) groups excluding carboxylic acids is 1. The zero-order chi connectivity index (χ0) is 13.8. The van der Waals surface area contributed by atoms with Crippen LogP contribution in [0.15, 0.2) is 35.5 Å². The minimum absolute atomic E-state index is 0.203. The number of hydrogen-bond donors (Lipinski definition) is 3. The minimum atomic E-state index is -1.03. The maximum Gasteiger partial charge on any atom is 0.325 e. The van der Waals surface area contributed by atoms with Gasteiger partial charge in [-0.1, -0.05) is 0 Å². The van der Waals surface area contributed by atoms with Crippen LogP contribution in [0.4, 0.5) is 5.69 Å². The topological polar surface area (TPSA) is 117 Å². The Kier molecular flexibility index (Phi) is 3.42. The van der Waals surface area contributed by atoms with Crippen molar-refractivity contribution < 1.29 is 14.7 Å². The summed E-state index contributed by atoms with van der Waals surface area (Å²) in [6, 6.07) is 2.62. The quantitative estimate of drug-likeness (QED) is 0.711. The summed E-state index contributed by atoms with van der Waals surface area (Å²) in [4.78, 5) is 35.7. The second-order valence-corrected chi connectivity index (χ2v) is 3.72. The molecular weight excluding hydrogens is 252 g/mol. The average Bonchev–Trinajstić information content (AvgIpc) is 2.75. The summed E-state index contributed by atoms with van der Waals surface area (Å²) in [5.41, 5.74) is 0.176. The summed E-state index contributed by atoms with van der Waals surface area (Å²) in [6.45, 7) is -0.291. The highest BCUT2D eigenvalue weighted by atomic mass is 16.4. The first-order valence-corrected chi connectivity index (χ1v) is 5.29. The largest absolute Gasteiger partial charge is 0.480 e. The Balaban J connectivity index is 2.09. The summed E-state index contributed by atoms with van der Waals surface area (Å²) in [5.74, 6) is -1.50. The number of pyridine rings is 1. The molecule has 0 saturated heterocycles. The molecule has 0 radical (unpaired) electrons. The van der Waals surface area contributed by atoms with Crippen molar-refractivity contribution in [3.8, 4) is 0 Å². The van der Waals surface area contributed by atoms with Crippen molar-refractivity contribution in [2.75, 3.05) is 5.32 Å². The molecule has 0 fully saturated rings. The number of nitrogens with zero attached hydrogens (tertiary/aromatic N) is 2. The molecule has 98 valence electrons. The number of carbonyl (C=O) groups is 2. The van der Waals surface area contributed by atoms with Gasteiger partial charge in [-0.15, -0.1) is 0 Å². The number of aromatic amines is 1. The molecule has 1 amide bonds. The summed E-state index contributed by atoms with van der Waals surface area (Å²) < 4.78 is 1.18. The van der Waals surface area contributed by atoms with Crippen molar-refractivity contribution in [2.24, 2.45) is 0 Å². The summed E-state index contributed by atoms with van der Waals surface area (Å²) in [5, 5.41) is 14.9. The first-order chi connectivity index (χ1) is 9.04. The number of aliphatic carboxylic acids is 1. The number of rotatable bonds is 4. The molecule has 0 bridgehead atoms. The van der Waals surface area contributed by atoms with Crippen LogP contribution in [0.5, 0.6) is 0 Å². The van der Waals surface area contributed by atoms with E-state index in [-0.39, 0.29) is 17.7 Å². The van der Waals surface area contributed by atoms with Crippen LogP contribution in [0.1, 0.15) is 10.4 Å². The third-order valence-corrected chi connectivity index (χ3v) is 2.23. The second-order valence-electron chi connectivity index (χ2n) is 3.72. The van der Waals surface area contributed by atoms with E-state index in [0.717, 1.165) is 6.07 Å². The Hall–Kier alpha value is -2.90. The molecule has 0 aliphatic carbocycles. The molecule has 0 aromatic carbocycles. The highest BCUT2D eigenvalue weighted by Gasteiger charge is 2.08. The zero-order valence-electron chi connectivity index (χ0n) is 9.66. The highest BCUT2D eigenvalue weighted by molar-refractivity contribution is 6.03. The molecule has 2 rings (SSSR count). The molecule has 8 nitrogen and oxygen atoms in total. The van der Waals surface area contributed by atoms with E-state index >= 15 is 0 Å². The number of carboxylic acids is 1. The molecular formula is C11H10N4O4. The number of anilines is 1. The van der Waals surface area contributed by atoms with Crippen LogP contribution < -0.4 is 10.9 Å². The lowest BCUT2D eigenvalue weighted by molar-refractivity contribution is -0.137.